The summed E-state index contributed by atoms with van der Waals surface area (Å²) in [6, 6.07) is 0. The first-order chi connectivity index (χ1) is 15.3. The molecule has 5 rings (SSSR count). The number of aliphatic hydroxyl groups is 2. The zero-order valence-corrected chi connectivity index (χ0v) is 20.9. The van der Waals surface area contributed by atoms with E-state index >= 15 is 0 Å². The number of esters is 2. The average molecular weight is 461 g/mol. The van der Waals surface area contributed by atoms with E-state index in [9.17, 15) is 19.8 Å². The summed E-state index contributed by atoms with van der Waals surface area (Å²) in [5.41, 5.74) is 0.145. The van der Waals surface area contributed by atoms with Crippen molar-refractivity contribution in [3.63, 3.8) is 0 Å². The maximum Gasteiger partial charge on any atom is 0.337 e. The summed E-state index contributed by atoms with van der Waals surface area (Å²) < 4.78 is 10.9. The number of fused-ring (bicyclic) bond motifs is 6. The average Bonchev–Trinajstić information content (AvgIpc) is 3.00. The van der Waals surface area contributed by atoms with Gasteiger partial charge in [-0.25, -0.2) is 4.79 Å². The van der Waals surface area contributed by atoms with Gasteiger partial charge in [-0.2, -0.15) is 0 Å². The highest BCUT2D eigenvalue weighted by Crippen LogP contribution is 2.73. The molecule has 6 nitrogen and oxygen atoms in total. The molecule has 0 radical (unpaired) electrons. The van der Waals surface area contributed by atoms with Gasteiger partial charge in [0, 0.05) is 17.9 Å². The van der Waals surface area contributed by atoms with Gasteiger partial charge in [0.15, 0.2) is 0 Å². The van der Waals surface area contributed by atoms with Crippen molar-refractivity contribution in [3.05, 3.63) is 11.1 Å². The molecule has 184 valence electrons. The molecule has 0 aromatic rings. The van der Waals surface area contributed by atoms with E-state index in [1.54, 1.807) is 0 Å². The van der Waals surface area contributed by atoms with Crippen LogP contribution in [0, 0.1) is 39.4 Å². The monoisotopic (exact) mass is 460 g/mol. The van der Waals surface area contributed by atoms with Gasteiger partial charge in [0.25, 0.3) is 0 Å². The zero-order valence-electron chi connectivity index (χ0n) is 20.9. The Labute approximate surface area is 197 Å². The van der Waals surface area contributed by atoms with Gasteiger partial charge >= 0.3 is 11.9 Å². The van der Waals surface area contributed by atoms with Crippen molar-refractivity contribution in [2.45, 2.75) is 105 Å². The lowest BCUT2D eigenvalue weighted by molar-refractivity contribution is -0.223. The van der Waals surface area contributed by atoms with Crippen molar-refractivity contribution in [1.82, 2.24) is 0 Å². The Morgan fingerprint density at radius 3 is 2.30 bits per heavy atom. The maximum atomic E-state index is 13.0. The SMILES string of the molecule is CC(=O)O[C@H]1C[C@H]2[C@]3(C)CC[C@H]4C(C)(C)CCC[C@]4(C)[C@H]3C[C@@H](O)[C@]2(C)C2=C1C(O)OC2=O. The van der Waals surface area contributed by atoms with E-state index in [-0.39, 0.29) is 22.2 Å². The molecule has 0 bridgehead atoms. The number of rotatable bonds is 1. The van der Waals surface area contributed by atoms with Crippen LogP contribution in [-0.4, -0.2) is 40.6 Å². The molecule has 1 unspecified atom stereocenters. The van der Waals surface area contributed by atoms with E-state index in [0.717, 1.165) is 12.8 Å². The first kappa shape index (κ1) is 23.3. The van der Waals surface area contributed by atoms with Gasteiger partial charge in [-0.15, -0.1) is 0 Å². The minimum absolute atomic E-state index is 0.0532. The summed E-state index contributed by atoms with van der Waals surface area (Å²) >= 11 is 0. The van der Waals surface area contributed by atoms with E-state index in [1.165, 1.54) is 26.2 Å². The van der Waals surface area contributed by atoms with Crippen LogP contribution in [0.4, 0.5) is 0 Å². The molecule has 33 heavy (non-hydrogen) atoms. The normalized spacial score (nSPS) is 50.5. The Hall–Kier alpha value is -1.40. The molecule has 9 atom stereocenters. The molecule has 5 aliphatic rings. The quantitative estimate of drug-likeness (QED) is 0.572. The van der Waals surface area contributed by atoms with E-state index < -0.39 is 35.9 Å². The van der Waals surface area contributed by atoms with Crippen LogP contribution in [0.5, 0.6) is 0 Å². The highest BCUT2D eigenvalue weighted by Gasteiger charge is 2.70. The Kier molecular flexibility index (Phi) is 5.00. The fourth-order valence-electron chi connectivity index (χ4n) is 9.85. The molecule has 0 aromatic carbocycles. The summed E-state index contributed by atoms with van der Waals surface area (Å²) in [6.45, 7) is 12.9. The highest BCUT2D eigenvalue weighted by molar-refractivity contribution is 5.94. The fourth-order valence-corrected chi connectivity index (χ4v) is 9.85. The first-order valence-electron chi connectivity index (χ1n) is 12.8. The van der Waals surface area contributed by atoms with Gasteiger partial charge in [0.05, 0.1) is 11.7 Å². The van der Waals surface area contributed by atoms with Gasteiger partial charge in [-0.3, -0.25) is 4.79 Å². The minimum atomic E-state index is -1.42. The number of aliphatic hydroxyl groups excluding tert-OH is 2. The van der Waals surface area contributed by atoms with E-state index in [4.69, 9.17) is 9.47 Å². The Morgan fingerprint density at radius 1 is 0.970 bits per heavy atom. The van der Waals surface area contributed by atoms with Crippen LogP contribution >= 0.6 is 0 Å². The molecule has 1 aliphatic heterocycles. The molecular formula is C27H40O6. The molecule has 1 heterocycles. The van der Waals surface area contributed by atoms with Crippen molar-refractivity contribution in [2.24, 2.45) is 39.4 Å². The third-order valence-corrected chi connectivity index (χ3v) is 11.1. The van der Waals surface area contributed by atoms with Crippen molar-refractivity contribution in [2.75, 3.05) is 0 Å². The standard InChI is InChI=1S/C27H40O6/c1-14(28)32-15-12-18-26(5)11-8-16-24(2,3)9-7-10-25(16,4)17(26)13-19(29)27(18,6)21-20(15)22(30)33-23(21)31/h15-19,22,29-30H,7-13H2,1-6H3/t15-,16-,17+,18-,19+,22?,25-,26+,27+/m0/s1. The van der Waals surface area contributed by atoms with E-state index in [2.05, 4.69) is 27.7 Å². The van der Waals surface area contributed by atoms with Gasteiger partial charge in [-0.1, -0.05) is 41.0 Å². The van der Waals surface area contributed by atoms with Crippen LogP contribution in [0.1, 0.15) is 86.5 Å². The molecule has 2 N–H and O–H groups in total. The second kappa shape index (κ2) is 7.07. The van der Waals surface area contributed by atoms with Crippen molar-refractivity contribution >= 4 is 11.9 Å². The molecule has 4 aliphatic carbocycles. The van der Waals surface area contributed by atoms with Crippen LogP contribution in [0.3, 0.4) is 0 Å². The van der Waals surface area contributed by atoms with Gasteiger partial charge in [0.2, 0.25) is 6.29 Å². The smallest absolute Gasteiger partial charge is 0.337 e. The topological polar surface area (TPSA) is 93.1 Å². The van der Waals surface area contributed by atoms with Crippen LogP contribution in [0.25, 0.3) is 0 Å². The van der Waals surface area contributed by atoms with Gasteiger partial charge in [-0.05, 0) is 72.5 Å². The highest BCUT2D eigenvalue weighted by atomic mass is 16.6. The molecule has 0 amide bonds. The predicted molar refractivity (Wildman–Crippen MR) is 122 cm³/mol. The summed E-state index contributed by atoms with van der Waals surface area (Å²) in [5, 5.41) is 22.3. The number of hydrogen-bond acceptors (Lipinski definition) is 6. The number of cyclic esters (lactones) is 1. The summed E-state index contributed by atoms with van der Waals surface area (Å²) in [7, 11) is 0. The molecule has 6 heteroatoms. The summed E-state index contributed by atoms with van der Waals surface area (Å²) in [4.78, 5) is 25.0. The Bertz CT molecular complexity index is 922. The molecule has 3 fully saturated rings. The van der Waals surface area contributed by atoms with Crippen LogP contribution in [0.15, 0.2) is 11.1 Å². The zero-order chi connectivity index (χ0) is 24.1. The third kappa shape index (κ3) is 2.92. The minimum Gasteiger partial charge on any atom is -0.458 e. The maximum absolute atomic E-state index is 13.0. The fraction of sp³-hybridized carbons (Fsp3) is 0.852. The Morgan fingerprint density at radius 2 is 1.64 bits per heavy atom. The lowest BCUT2D eigenvalue weighted by Gasteiger charge is -2.70. The summed E-state index contributed by atoms with van der Waals surface area (Å²) in [6.07, 6.45) is 4.08. The lowest BCUT2D eigenvalue weighted by atomic mass is 9.35. The second-order valence-corrected chi connectivity index (χ2v) is 13.0. The van der Waals surface area contributed by atoms with E-state index in [0.29, 0.717) is 35.8 Å². The first-order valence-corrected chi connectivity index (χ1v) is 12.8. The number of carbonyl (C=O) groups is 2. The third-order valence-electron chi connectivity index (χ3n) is 11.1. The number of ether oxygens (including phenoxy) is 2. The van der Waals surface area contributed by atoms with Crippen LogP contribution in [-0.2, 0) is 19.1 Å². The molecule has 3 saturated carbocycles. The molecule has 0 spiro atoms. The lowest BCUT2D eigenvalue weighted by Crippen LogP contribution is -2.66. The van der Waals surface area contributed by atoms with E-state index in [1.807, 2.05) is 6.92 Å². The van der Waals surface area contributed by atoms with Crippen molar-refractivity contribution in [3.8, 4) is 0 Å². The van der Waals surface area contributed by atoms with Crippen LogP contribution < -0.4 is 0 Å². The predicted octanol–water partition coefficient (Wildman–Crippen LogP) is 4.13. The summed E-state index contributed by atoms with van der Waals surface area (Å²) in [5.74, 6) is -0.151. The van der Waals surface area contributed by atoms with Crippen LogP contribution in [0.2, 0.25) is 0 Å². The second-order valence-electron chi connectivity index (χ2n) is 13.0. The van der Waals surface area contributed by atoms with Gasteiger partial charge in [0.1, 0.15) is 6.10 Å². The number of carbonyl (C=O) groups excluding carboxylic acids is 2. The molecule has 0 saturated heterocycles. The van der Waals surface area contributed by atoms with Crippen molar-refractivity contribution < 1.29 is 29.3 Å². The Balaban J connectivity index is 1.64. The molecule has 0 aromatic heterocycles. The largest absolute Gasteiger partial charge is 0.458 e. The van der Waals surface area contributed by atoms with Crippen molar-refractivity contribution in [1.29, 1.82) is 0 Å². The van der Waals surface area contributed by atoms with Gasteiger partial charge < -0.3 is 19.7 Å². The molecular weight excluding hydrogens is 420 g/mol. The number of hydrogen-bond donors (Lipinski definition) is 2.